The number of amides is 1. The van der Waals surface area contributed by atoms with E-state index >= 15 is 0 Å². The first-order chi connectivity index (χ1) is 11.1. The molecule has 0 fully saturated rings. The van der Waals surface area contributed by atoms with Gasteiger partial charge >= 0.3 is 0 Å². The smallest absolute Gasteiger partial charge is 0.243 e. The number of hydroxylamine groups is 2. The fourth-order valence-corrected chi connectivity index (χ4v) is 3.07. The minimum atomic E-state index is -0.327. The highest BCUT2D eigenvalue weighted by atomic mass is 16.5. The van der Waals surface area contributed by atoms with Crippen LogP contribution < -0.4 is 4.74 Å². The van der Waals surface area contributed by atoms with Crippen LogP contribution in [0.3, 0.4) is 0 Å². The molecule has 1 amide bonds. The maximum absolute atomic E-state index is 11.4. The third-order valence-electron chi connectivity index (χ3n) is 4.26. The van der Waals surface area contributed by atoms with Gasteiger partial charge in [0.05, 0.1) is 6.04 Å². The molecule has 0 aromatic heterocycles. The van der Waals surface area contributed by atoms with Gasteiger partial charge in [0.2, 0.25) is 5.91 Å². The molecule has 0 bridgehead atoms. The number of aryl methyl sites for hydroxylation is 1. The van der Waals surface area contributed by atoms with E-state index in [1.165, 1.54) is 6.92 Å². The molecule has 3 rings (SSSR count). The van der Waals surface area contributed by atoms with Crippen LogP contribution in [0.4, 0.5) is 0 Å². The first-order valence-electron chi connectivity index (χ1n) is 7.93. The van der Waals surface area contributed by atoms with Crippen molar-refractivity contribution in [1.82, 2.24) is 5.06 Å². The first-order valence-corrected chi connectivity index (χ1v) is 7.93. The van der Waals surface area contributed by atoms with Crippen LogP contribution in [-0.2, 0) is 17.8 Å². The van der Waals surface area contributed by atoms with Crippen LogP contribution in [0.5, 0.6) is 5.75 Å². The van der Waals surface area contributed by atoms with E-state index in [4.69, 9.17) is 4.74 Å². The lowest BCUT2D eigenvalue weighted by Gasteiger charge is -2.31. The van der Waals surface area contributed by atoms with Gasteiger partial charge in [-0.2, -0.15) is 0 Å². The lowest BCUT2D eigenvalue weighted by molar-refractivity contribution is -0.175. The Morgan fingerprint density at radius 2 is 2.04 bits per heavy atom. The van der Waals surface area contributed by atoms with Crippen LogP contribution >= 0.6 is 0 Å². The highest BCUT2D eigenvalue weighted by Crippen LogP contribution is 2.35. The summed E-state index contributed by atoms with van der Waals surface area (Å²) in [6.07, 6.45) is 2.68. The Bertz CT molecular complexity index is 684. The zero-order valence-electron chi connectivity index (χ0n) is 13.2. The molecule has 0 saturated carbocycles. The van der Waals surface area contributed by atoms with E-state index in [1.807, 2.05) is 48.5 Å². The molecule has 1 N–H and O–H groups in total. The molecule has 0 heterocycles. The third kappa shape index (κ3) is 3.54. The monoisotopic (exact) mass is 311 g/mol. The summed E-state index contributed by atoms with van der Waals surface area (Å²) >= 11 is 0. The van der Waals surface area contributed by atoms with Crippen molar-refractivity contribution >= 4 is 5.91 Å². The average Bonchev–Trinajstić information content (AvgIpc) is 2.59. The number of benzene rings is 2. The molecule has 1 aliphatic carbocycles. The minimum absolute atomic E-state index is 0.251. The Balaban J connectivity index is 1.75. The largest absolute Gasteiger partial charge is 0.489 e. The van der Waals surface area contributed by atoms with E-state index in [0.29, 0.717) is 6.61 Å². The van der Waals surface area contributed by atoms with Crippen LogP contribution in [0.2, 0.25) is 0 Å². The Labute approximate surface area is 136 Å². The van der Waals surface area contributed by atoms with Crippen LogP contribution in [0.1, 0.15) is 42.5 Å². The van der Waals surface area contributed by atoms with Gasteiger partial charge in [0.15, 0.2) is 0 Å². The van der Waals surface area contributed by atoms with Gasteiger partial charge in [0, 0.05) is 6.92 Å². The van der Waals surface area contributed by atoms with Crippen molar-refractivity contribution in [3.05, 3.63) is 65.2 Å². The second-order valence-electron chi connectivity index (χ2n) is 5.91. The summed E-state index contributed by atoms with van der Waals surface area (Å²) in [5, 5.41) is 10.8. The standard InChI is InChI=1S/C19H21NO3/c1-14(21)20(22)19-9-5-8-16-12-17(10-11-18(16)19)23-13-15-6-3-2-4-7-15/h2-4,6-7,10-12,19,22H,5,8-9,13H2,1H3. The molecular formula is C19H21NO3. The van der Waals surface area contributed by atoms with Gasteiger partial charge in [-0.05, 0) is 48.1 Å². The summed E-state index contributed by atoms with van der Waals surface area (Å²) in [5.41, 5.74) is 3.29. The number of nitrogens with zero attached hydrogens (tertiary/aromatic N) is 1. The highest BCUT2D eigenvalue weighted by Gasteiger charge is 2.27. The molecule has 4 nitrogen and oxygen atoms in total. The molecule has 0 radical (unpaired) electrons. The van der Waals surface area contributed by atoms with E-state index in [2.05, 4.69) is 0 Å². The minimum Gasteiger partial charge on any atom is -0.489 e. The van der Waals surface area contributed by atoms with E-state index in [1.54, 1.807) is 0 Å². The van der Waals surface area contributed by atoms with Gasteiger partial charge in [-0.25, -0.2) is 5.06 Å². The predicted octanol–water partition coefficient (Wildman–Crippen LogP) is 3.88. The quantitative estimate of drug-likeness (QED) is 0.688. The van der Waals surface area contributed by atoms with E-state index in [9.17, 15) is 10.0 Å². The normalized spacial score (nSPS) is 16.5. The number of carbonyl (C=O) groups excluding carboxylic acids is 1. The second kappa shape index (κ2) is 6.84. The zero-order chi connectivity index (χ0) is 16.2. The second-order valence-corrected chi connectivity index (χ2v) is 5.91. The molecular weight excluding hydrogens is 290 g/mol. The van der Waals surface area contributed by atoms with Crippen molar-refractivity contribution in [1.29, 1.82) is 0 Å². The number of fused-ring (bicyclic) bond motifs is 1. The molecule has 4 heteroatoms. The summed E-state index contributed by atoms with van der Waals surface area (Å²) in [6, 6.07) is 15.7. The third-order valence-corrected chi connectivity index (χ3v) is 4.26. The van der Waals surface area contributed by atoms with Crippen molar-refractivity contribution in [2.75, 3.05) is 0 Å². The van der Waals surface area contributed by atoms with Crippen molar-refractivity contribution in [3.63, 3.8) is 0 Å². The molecule has 1 aliphatic rings. The van der Waals surface area contributed by atoms with Gasteiger partial charge in [-0.15, -0.1) is 0 Å². The molecule has 1 unspecified atom stereocenters. The maximum atomic E-state index is 11.4. The van der Waals surface area contributed by atoms with Crippen LogP contribution in [0, 0.1) is 0 Å². The van der Waals surface area contributed by atoms with Crippen LogP contribution in [-0.4, -0.2) is 16.2 Å². The molecule has 0 aliphatic heterocycles. The average molecular weight is 311 g/mol. The van der Waals surface area contributed by atoms with Crippen molar-refractivity contribution in [2.24, 2.45) is 0 Å². The van der Waals surface area contributed by atoms with Gasteiger partial charge in [-0.3, -0.25) is 10.0 Å². The molecule has 0 saturated heterocycles. The lowest BCUT2D eigenvalue weighted by Crippen LogP contribution is -2.32. The summed E-state index contributed by atoms with van der Waals surface area (Å²) in [7, 11) is 0. The van der Waals surface area contributed by atoms with Gasteiger partial charge in [-0.1, -0.05) is 36.4 Å². The number of rotatable bonds is 4. The number of carbonyl (C=O) groups is 1. The lowest BCUT2D eigenvalue weighted by atomic mass is 9.87. The van der Waals surface area contributed by atoms with Gasteiger partial charge in [0.25, 0.3) is 0 Å². The molecule has 0 spiro atoms. The van der Waals surface area contributed by atoms with Gasteiger partial charge < -0.3 is 4.74 Å². The summed E-state index contributed by atoms with van der Waals surface area (Å²) in [5.74, 6) is 0.493. The summed E-state index contributed by atoms with van der Waals surface area (Å²) < 4.78 is 5.86. The van der Waals surface area contributed by atoms with Crippen LogP contribution in [0.15, 0.2) is 48.5 Å². The molecule has 2 aromatic carbocycles. The summed E-state index contributed by atoms with van der Waals surface area (Å²) in [6.45, 7) is 1.91. The Morgan fingerprint density at radius 1 is 1.26 bits per heavy atom. The zero-order valence-corrected chi connectivity index (χ0v) is 13.2. The van der Waals surface area contributed by atoms with Crippen molar-refractivity contribution in [2.45, 2.75) is 38.8 Å². The van der Waals surface area contributed by atoms with Crippen LogP contribution in [0.25, 0.3) is 0 Å². The van der Waals surface area contributed by atoms with Crippen molar-refractivity contribution < 1.29 is 14.7 Å². The topological polar surface area (TPSA) is 49.8 Å². The first kappa shape index (κ1) is 15.6. The SMILES string of the molecule is CC(=O)N(O)C1CCCc2cc(OCc3ccccc3)ccc21. The van der Waals surface area contributed by atoms with Gasteiger partial charge in [0.1, 0.15) is 12.4 Å². The Morgan fingerprint density at radius 3 is 2.78 bits per heavy atom. The maximum Gasteiger partial charge on any atom is 0.243 e. The van der Waals surface area contributed by atoms with Crippen molar-refractivity contribution in [3.8, 4) is 5.75 Å². The number of hydrogen-bond donors (Lipinski definition) is 1. The predicted molar refractivity (Wildman–Crippen MR) is 87.2 cm³/mol. The Hall–Kier alpha value is -2.33. The fourth-order valence-electron chi connectivity index (χ4n) is 3.07. The fraction of sp³-hybridized carbons (Fsp3) is 0.316. The van der Waals surface area contributed by atoms with E-state index in [-0.39, 0.29) is 11.9 Å². The molecule has 120 valence electrons. The Kier molecular flexibility index (Phi) is 4.63. The molecule has 2 aromatic rings. The number of ether oxygens (including phenoxy) is 1. The number of hydrogen-bond acceptors (Lipinski definition) is 3. The van der Waals surface area contributed by atoms with E-state index < -0.39 is 0 Å². The molecule has 1 atom stereocenters. The summed E-state index contributed by atoms with van der Waals surface area (Å²) in [4.78, 5) is 11.4. The van der Waals surface area contributed by atoms with E-state index in [0.717, 1.165) is 46.8 Å². The highest BCUT2D eigenvalue weighted by molar-refractivity contribution is 5.72. The molecule has 23 heavy (non-hydrogen) atoms.